The number of halogens is 1. The molecule has 2 rings (SSSR count). The van der Waals surface area contributed by atoms with Crippen molar-refractivity contribution in [2.75, 3.05) is 12.8 Å². The second-order valence-electron chi connectivity index (χ2n) is 4.35. The molecule has 1 fully saturated rings. The number of hydrogen-bond donors (Lipinski definition) is 2. The Morgan fingerprint density at radius 1 is 1.40 bits per heavy atom. The van der Waals surface area contributed by atoms with Gasteiger partial charge in [-0.3, -0.25) is 14.5 Å². The Bertz CT molecular complexity index is 689. The molecule has 0 spiro atoms. The van der Waals surface area contributed by atoms with Crippen LogP contribution in [0.15, 0.2) is 27.6 Å². The molecule has 1 saturated heterocycles. The van der Waals surface area contributed by atoms with Gasteiger partial charge in [-0.1, -0.05) is 0 Å². The number of hydrogen-bond acceptors (Lipinski definition) is 5. The van der Waals surface area contributed by atoms with Crippen LogP contribution in [0.3, 0.4) is 0 Å². The van der Waals surface area contributed by atoms with E-state index in [1.54, 1.807) is 0 Å². The number of likely N-dealkylation sites (tertiary alicyclic amines) is 1. The average Bonchev–Trinajstić information content (AvgIpc) is 2.60. The third kappa shape index (κ3) is 2.69. The quantitative estimate of drug-likeness (QED) is 0.584. The summed E-state index contributed by atoms with van der Waals surface area (Å²) in [6.45, 7) is 0. The summed E-state index contributed by atoms with van der Waals surface area (Å²) in [6, 6.07) is 3.06. The first-order chi connectivity index (χ1) is 9.22. The fourth-order valence-corrected chi connectivity index (χ4v) is 3.26. The molecule has 1 heterocycles. The van der Waals surface area contributed by atoms with Crippen LogP contribution in [0.1, 0.15) is 6.42 Å². The van der Waals surface area contributed by atoms with Crippen LogP contribution in [-0.2, 0) is 19.6 Å². The lowest BCUT2D eigenvalue weighted by Gasteiger charge is -2.12. The minimum Gasteiger partial charge on any atom is -0.398 e. The molecule has 7 nitrogen and oxygen atoms in total. The molecule has 108 valence electrons. The van der Waals surface area contributed by atoms with Crippen LogP contribution in [0.2, 0.25) is 0 Å². The monoisotopic (exact) mass is 361 g/mol. The largest absolute Gasteiger partial charge is 0.398 e. The number of imide groups is 1. The summed E-state index contributed by atoms with van der Waals surface area (Å²) < 4.78 is 27.1. The molecule has 9 heteroatoms. The molecule has 0 bridgehead atoms. The van der Waals surface area contributed by atoms with Gasteiger partial charge in [0.2, 0.25) is 21.8 Å². The van der Waals surface area contributed by atoms with Crippen molar-refractivity contribution in [3.63, 3.8) is 0 Å². The predicted molar refractivity (Wildman–Crippen MR) is 75.1 cm³/mol. The molecule has 0 saturated carbocycles. The van der Waals surface area contributed by atoms with E-state index in [2.05, 4.69) is 20.7 Å². The number of rotatable bonds is 3. The van der Waals surface area contributed by atoms with Gasteiger partial charge < -0.3 is 5.73 Å². The van der Waals surface area contributed by atoms with Gasteiger partial charge in [0, 0.05) is 17.2 Å². The highest BCUT2D eigenvalue weighted by atomic mass is 79.9. The SMILES string of the molecule is CN1C(=O)CC(NS(=O)(=O)c2ccc(Br)c(N)c2)C1=O. The number of anilines is 1. The average molecular weight is 362 g/mol. The second-order valence-corrected chi connectivity index (χ2v) is 6.92. The van der Waals surface area contributed by atoms with Crippen molar-refractivity contribution in [2.24, 2.45) is 0 Å². The van der Waals surface area contributed by atoms with Crippen molar-refractivity contribution in [1.29, 1.82) is 0 Å². The van der Waals surface area contributed by atoms with Gasteiger partial charge in [-0.05, 0) is 34.1 Å². The second kappa shape index (κ2) is 5.15. The van der Waals surface area contributed by atoms with Crippen molar-refractivity contribution in [2.45, 2.75) is 17.4 Å². The molecule has 20 heavy (non-hydrogen) atoms. The molecule has 3 N–H and O–H groups in total. The zero-order valence-electron chi connectivity index (χ0n) is 10.5. The minimum atomic E-state index is -3.91. The number of nitrogens with one attached hydrogen (secondary N) is 1. The van der Waals surface area contributed by atoms with Gasteiger partial charge in [-0.2, -0.15) is 4.72 Å². The summed E-state index contributed by atoms with van der Waals surface area (Å²) in [4.78, 5) is 23.9. The Kier molecular flexibility index (Phi) is 3.85. The van der Waals surface area contributed by atoms with E-state index >= 15 is 0 Å². The van der Waals surface area contributed by atoms with Gasteiger partial charge in [0.15, 0.2) is 0 Å². The number of likely N-dealkylation sites (N-methyl/N-ethyl adjacent to an activating group) is 1. The number of benzene rings is 1. The van der Waals surface area contributed by atoms with Crippen molar-refractivity contribution >= 4 is 43.5 Å². The smallest absolute Gasteiger partial charge is 0.247 e. The summed E-state index contributed by atoms with van der Waals surface area (Å²) in [7, 11) is -2.60. The summed E-state index contributed by atoms with van der Waals surface area (Å²) in [6.07, 6.45) is -0.180. The van der Waals surface area contributed by atoms with Crippen LogP contribution < -0.4 is 10.5 Å². The summed E-state index contributed by atoms with van der Waals surface area (Å²) in [5.74, 6) is -0.985. The highest BCUT2D eigenvalue weighted by Crippen LogP contribution is 2.23. The highest BCUT2D eigenvalue weighted by molar-refractivity contribution is 9.10. The maximum Gasteiger partial charge on any atom is 0.247 e. The van der Waals surface area contributed by atoms with E-state index in [9.17, 15) is 18.0 Å². The summed E-state index contributed by atoms with van der Waals surface area (Å²) >= 11 is 3.16. The Morgan fingerprint density at radius 2 is 2.05 bits per heavy atom. The van der Waals surface area contributed by atoms with Gasteiger partial charge in [0.1, 0.15) is 6.04 Å². The Hall–Kier alpha value is -1.45. The molecule has 1 aromatic carbocycles. The topological polar surface area (TPSA) is 110 Å². The Morgan fingerprint density at radius 3 is 2.55 bits per heavy atom. The van der Waals surface area contributed by atoms with Crippen LogP contribution in [-0.4, -0.2) is 38.2 Å². The Balaban J connectivity index is 2.26. The van der Waals surface area contributed by atoms with Crippen LogP contribution in [0, 0.1) is 0 Å². The van der Waals surface area contributed by atoms with E-state index in [-0.39, 0.29) is 17.0 Å². The van der Waals surface area contributed by atoms with Crippen molar-refractivity contribution in [3.8, 4) is 0 Å². The molecule has 1 atom stereocenters. The zero-order chi connectivity index (χ0) is 15.1. The maximum atomic E-state index is 12.1. The van der Waals surface area contributed by atoms with Gasteiger partial charge >= 0.3 is 0 Å². The third-order valence-electron chi connectivity index (χ3n) is 2.96. The summed E-state index contributed by atoms with van der Waals surface area (Å²) in [5, 5.41) is 0. The van der Waals surface area contributed by atoms with Gasteiger partial charge in [0.05, 0.1) is 11.3 Å². The number of nitrogens with zero attached hydrogens (tertiary/aromatic N) is 1. The molecule has 1 aliphatic heterocycles. The number of nitrogens with two attached hydrogens (primary N) is 1. The predicted octanol–water partition coefficient (Wildman–Crippen LogP) is 0.0669. The first-order valence-corrected chi connectivity index (χ1v) is 7.88. The van der Waals surface area contributed by atoms with Gasteiger partial charge in [-0.15, -0.1) is 0 Å². The lowest BCUT2D eigenvalue weighted by atomic mass is 10.3. The lowest BCUT2D eigenvalue weighted by molar-refractivity contribution is -0.137. The van der Waals surface area contributed by atoms with Crippen LogP contribution in [0.4, 0.5) is 5.69 Å². The lowest BCUT2D eigenvalue weighted by Crippen LogP contribution is -2.40. The number of nitrogen functional groups attached to an aromatic ring is 1. The summed E-state index contributed by atoms with van der Waals surface area (Å²) in [5.41, 5.74) is 5.89. The van der Waals surface area contributed by atoms with Crippen LogP contribution >= 0.6 is 15.9 Å². The minimum absolute atomic E-state index is 0.0620. The molecule has 2 amide bonds. The number of sulfonamides is 1. The van der Waals surface area contributed by atoms with Crippen LogP contribution in [0.25, 0.3) is 0 Å². The third-order valence-corrected chi connectivity index (χ3v) is 5.15. The standard InChI is InChI=1S/C11H12BrN3O4S/c1-15-10(16)5-9(11(15)17)14-20(18,19)6-2-3-7(12)8(13)4-6/h2-4,9,14H,5,13H2,1H3. The fourth-order valence-electron chi connectivity index (χ4n) is 1.79. The molecular formula is C11H12BrN3O4S. The number of amides is 2. The molecule has 0 radical (unpaired) electrons. The first-order valence-electron chi connectivity index (χ1n) is 5.60. The van der Waals surface area contributed by atoms with E-state index in [4.69, 9.17) is 5.73 Å². The van der Waals surface area contributed by atoms with Gasteiger partial charge in [-0.25, -0.2) is 8.42 Å². The van der Waals surface area contributed by atoms with Crippen molar-refractivity contribution < 1.29 is 18.0 Å². The van der Waals surface area contributed by atoms with E-state index in [0.717, 1.165) is 4.90 Å². The van der Waals surface area contributed by atoms with E-state index in [1.807, 2.05) is 0 Å². The molecule has 1 aliphatic rings. The molecule has 1 aromatic rings. The molecule has 0 aromatic heterocycles. The first kappa shape index (κ1) is 14.9. The van der Waals surface area contributed by atoms with E-state index in [1.165, 1.54) is 25.2 Å². The van der Waals surface area contributed by atoms with E-state index < -0.39 is 27.9 Å². The van der Waals surface area contributed by atoms with Crippen LogP contribution in [0.5, 0.6) is 0 Å². The highest BCUT2D eigenvalue weighted by Gasteiger charge is 2.38. The number of carbonyl (C=O) groups is 2. The molecule has 0 aliphatic carbocycles. The maximum absolute atomic E-state index is 12.1. The van der Waals surface area contributed by atoms with E-state index in [0.29, 0.717) is 4.47 Å². The van der Waals surface area contributed by atoms with Crippen molar-refractivity contribution in [3.05, 3.63) is 22.7 Å². The van der Waals surface area contributed by atoms with Gasteiger partial charge in [0.25, 0.3) is 0 Å². The molecule has 1 unspecified atom stereocenters. The Labute approximate surface area is 124 Å². The fraction of sp³-hybridized carbons (Fsp3) is 0.273. The normalized spacial score (nSPS) is 19.7. The zero-order valence-corrected chi connectivity index (χ0v) is 12.9. The molecular weight excluding hydrogens is 350 g/mol. The van der Waals surface area contributed by atoms with Crippen molar-refractivity contribution in [1.82, 2.24) is 9.62 Å². The number of carbonyl (C=O) groups excluding carboxylic acids is 2.